The molecular weight excluding hydrogens is 235 g/mol. The van der Waals surface area contributed by atoms with Crippen LogP contribution < -0.4 is 11.1 Å². The Bertz CT molecular complexity index is 381. The first-order valence-corrected chi connectivity index (χ1v) is 5.96. The molecule has 0 heterocycles. The van der Waals surface area contributed by atoms with E-state index in [1.807, 2.05) is 0 Å². The number of nitrogens with one attached hydrogen (secondary N) is 1. The number of rotatable bonds is 6. The molecule has 0 radical (unpaired) electrons. The van der Waals surface area contributed by atoms with Crippen molar-refractivity contribution in [3.05, 3.63) is 35.6 Å². The van der Waals surface area contributed by atoms with E-state index in [2.05, 4.69) is 5.32 Å². The Kier molecular flexibility index (Phi) is 5.74. The monoisotopic (exact) mass is 254 g/mol. The summed E-state index contributed by atoms with van der Waals surface area (Å²) in [7, 11) is 0. The molecule has 0 bridgehead atoms. The molecule has 0 aromatic heterocycles. The molecule has 0 saturated carbocycles. The molecule has 4 nitrogen and oxygen atoms in total. The quantitative estimate of drug-likeness (QED) is 0.711. The predicted octanol–water partition coefficient (Wildman–Crippen LogP) is 1.10. The highest BCUT2D eigenvalue weighted by molar-refractivity contribution is 5.76. The smallest absolute Gasteiger partial charge is 0.221 e. The SMILES string of the molecule is CC(CC(O)c1ccc(F)cc1)NC(=O)CCN. The third-order valence-electron chi connectivity index (χ3n) is 2.61. The molecule has 0 aliphatic carbocycles. The molecule has 0 aliphatic heterocycles. The van der Waals surface area contributed by atoms with E-state index >= 15 is 0 Å². The number of halogens is 1. The largest absolute Gasteiger partial charge is 0.388 e. The van der Waals surface area contributed by atoms with Crippen molar-refractivity contribution in [2.45, 2.75) is 31.9 Å². The average molecular weight is 254 g/mol. The summed E-state index contributed by atoms with van der Waals surface area (Å²) in [5.41, 5.74) is 5.90. The number of hydrogen-bond acceptors (Lipinski definition) is 3. The van der Waals surface area contributed by atoms with Gasteiger partial charge in [0.25, 0.3) is 0 Å². The van der Waals surface area contributed by atoms with Gasteiger partial charge in [0, 0.05) is 19.0 Å². The van der Waals surface area contributed by atoms with Crippen LogP contribution in [-0.2, 0) is 4.79 Å². The highest BCUT2D eigenvalue weighted by Gasteiger charge is 2.14. The maximum atomic E-state index is 12.7. The Morgan fingerprint density at radius 2 is 2.06 bits per heavy atom. The van der Waals surface area contributed by atoms with E-state index in [1.54, 1.807) is 6.92 Å². The van der Waals surface area contributed by atoms with Crippen molar-refractivity contribution in [1.82, 2.24) is 5.32 Å². The van der Waals surface area contributed by atoms with Gasteiger partial charge in [-0.2, -0.15) is 0 Å². The molecule has 0 spiro atoms. The molecule has 2 unspecified atom stereocenters. The summed E-state index contributed by atoms with van der Waals surface area (Å²) < 4.78 is 12.7. The number of carbonyl (C=O) groups is 1. The van der Waals surface area contributed by atoms with E-state index in [9.17, 15) is 14.3 Å². The summed E-state index contributed by atoms with van der Waals surface area (Å²) >= 11 is 0. The molecule has 0 aliphatic rings. The van der Waals surface area contributed by atoms with Crippen LogP contribution in [0.1, 0.15) is 31.4 Å². The zero-order valence-electron chi connectivity index (χ0n) is 10.4. The first-order valence-electron chi connectivity index (χ1n) is 5.96. The lowest BCUT2D eigenvalue weighted by atomic mass is 10.0. The Labute approximate surface area is 106 Å². The molecule has 100 valence electrons. The van der Waals surface area contributed by atoms with Crippen molar-refractivity contribution in [3.63, 3.8) is 0 Å². The number of aliphatic hydroxyl groups is 1. The van der Waals surface area contributed by atoms with Gasteiger partial charge in [-0.05, 0) is 31.0 Å². The van der Waals surface area contributed by atoms with Crippen molar-refractivity contribution >= 4 is 5.91 Å². The molecule has 0 fully saturated rings. The van der Waals surface area contributed by atoms with E-state index < -0.39 is 6.10 Å². The van der Waals surface area contributed by atoms with Crippen LogP contribution in [-0.4, -0.2) is 23.6 Å². The van der Waals surface area contributed by atoms with Gasteiger partial charge in [0.2, 0.25) is 5.91 Å². The zero-order valence-corrected chi connectivity index (χ0v) is 10.4. The van der Waals surface area contributed by atoms with Crippen LogP contribution in [0.5, 0.6) is 0 Å². The molecule has 4 N–H and O–H groups in total. The molecule has 0 saturated heterocycles. The Morgan fingerprint density at radius 1 is 1.44 bits per heavy atom. The maximum Gasteiger partial charge on any atom is 0.221 e. The van der Waals surface area contributed by atoms with Gasteiger partial charge in [-0.15, -0.1) is 0 Å². The molecule has 1 aromatic carbocycles. The fourth-order valence-corrected chi connectivity index (χ4v) is 1.69. The molecule has 1 amide bonds. The van der Waals surface area contributed by atoms with Crippen LogP contribution in [0, 0.1) is 5.82 Å². The minimum atomic E-state index is -0.723. The van der Waals surface area contributed by atoms with Crippen LogP contribution in [0.3, 0.4) is 0 Å². The second-order valence-corrected chi connectivity index (χ2v) is 4.31. The number of hydrogen-bond donors (Lipinski definition) is 3. The van der Waals surface area contributed by atoms with Crippen LogP contribution >= 0.6 is 0 Å². The lowest BCUT2D eigenvalue weighted by Crippen LogP contribution is -2.34. The summed E-state index contributed by atoms with van der Waals surface area (Å²) in [5, 5.41) is 12.7. The molecule has 1 rings (SSSR count). The summed E-state index contributed by atoms with van der Waals surface area (Å²) in [6.45, 7) is 2.11. The Balaban J connectivity index is 2.46. The molecule has 2 atom stereocenters. The Hall–Kier alpha value is -1.46. The standard InChI is InChI=1S/C13H19FN2O2/c1-9(16-13(18)6-7-15)8-12(17)10-2-4-11(14)5-3-10/h2-5,9,12,17H,6-8,15H2,1H3,(H,16,18). The highest BCUT2D eigenvalue weighted by atomic mass is 19.1. The van der Waals surface area contributed by atoms with E-state index in [0.717, 1.165) is 0 Å². The van der Waals surface area contributed by atoms with Crippen molar-refractivity contribution in [2.75, 3.05) is 6.54 Å². The Morgan fingerprint density at radius 3 is 2.61 bits per heavy atom. The second-order valence-electron chi connectivity index (χ2n) is 4.31. The van der Waals surface area contributed by atoms with E-state index in [4.69, 9.17) is 5.73 Å². The zero-order chi connectivity index (χ0) is 13.5. The fraction of sp³-hybridized carbons (Fsp3) is 0.462. The number of benzene rings is 1. The van der Waals surface area contributed by atoms with Gasteiger partial charge in [-0.1, -0.05) is 12.1 Å². The molecular formula is C13H19FN2O2. The minimum Gasteiger partial charge on any atom is -0.388 e. The predicted molar refractivity (Wildman–Crippen MR) is 67.3 cm³/mol. The summed E-state index contributed by atoms with van der Waals surface area (Å²) in [6.07, 6.45) is -0.0716. The van der Waals surface area contributed by atoms with Gasteiger partial charge in [-0.3, -0.25) is 4.79 Å². The topological polar surface area (TPSA) is 75.3 Å². The maximum absolute atomic E-state index is 12.7. The molecule has 1 aromatic rings. The number of aliphatic hydroxyl groups excluding tert-OH is 1. The third kappa shape index (κ3) is 4.81. The van der Waals surface area contributed by atoms with Gasteiger partial charge < -0.3 is 16.2 Å². The summed E-state index contributed by atoms with van der Waals surface area (Å²) in [4.78, 5) is 11.3. The third-order valence-corrected chi connectivity index (χ3v) is 2.61. The normalized spacial score (nSPS) is 14.0. The van der Waals surface area contributed by atoms with E-state index in [0.29, 0.717) is 18.5 Å². The van der Waals surface area contributed by atoms with Gasteiger partial charge in [0.05, 0.1) is 6.10 Å². The lowest BCUT2D eigenvalue weighted by molar-refractivity contribution is -0.121. The van der Waals surface area contributed by atoms with Crippen molar-refractivity contribution in [1.29, 1.82) is 0 Å². The van der Waals surface area contributed by atoms with E-state index in [1.165, 1.54) is 24.3 Å². The van der Waals surface area contributed by atoms with Crippen molar-refractivity contribution < 1.29 is 14.3 Å². The van der Waals surface area contributed by atoms with E-state index in [-0.39, 0.29) is 24.2 Å². The van der Waals surface area contributed by atoms with Crippen LogP contribution in [0.25, 0.3) is 0 Å². The fourth-order valence-electron chi connectivity index (χ4n) is 1.69. The van der Waals surface area contributed by atoms with Gasteiger partial charge in [0.15, 0.2) is 0 Å². The highest BCUT2D eigenvalue weighted by Crippen LogP contribution is 2.18. The van der Waals surface area contributed by atoms with Gasteiger partial charge >= 0.3 is 0 Å². The van der Waals surface area contributed by atoms with Crippen LogP contribution in [0.4, 0.5) is 4.39 Å². The van der Waals surface area contributed by atoms with Crippen LogP contribution in [0.2, 0.25) is 0 Å². The van der Waals surface area contributed by atoms with Gasteiger partial charge in [0.1, 0.15) is 5.82 Å². The molecule has 5 heteroatoms. The first-order chi connectivity index (χ1) is 8.52. The second kappa shape index (κ2) is 7.08. The number of carbonyl (C=O) groups excluding carboxylic acids is 1. The number of nitrogens with two attached hydrogens (primary N) is 1. The minimum absolute atomic E-state index is 0.128. The molecule has 18 heavy (non-hydrogen) atoms. The lowest BCUT2D eigenvalue weighted by Gasteiger charge is -2.18. The van der Waals surface area contributed by atoms with Crippen molar-refractivity contribution in [3.8, 4) is 0 Å². The summed E-state index contributed by atoms with van der Waals surface area (Å²) in [5.74, 6) is -0.466. The van der Waals surface area contributed by atoms with Crippen molar-refractivity contribution in [2.24, 2.45) is 5.73 Å². The summed E-state index contributed by atoms with van der Waals surface area (Å²) in [6, 6.07) is 5.51. The average Bonchev–Trinajstić information content (AvgIpc) is 2.29. The van der Waals surface area contributed by atoms with Gasteiger partial charge in [-0.25, -0.2) is 4.39 Å². The van der Waals surface area contributed by atoms with Crippen LogP contribution in [0.15, 0.2) is 24.3 Å². The first kappa shape index (κ1) is 14.6. The number of amides is 1.